The van der Waals surface area contributed by atoms with Crippen LogP contribution in [0.1, 0.15) is 19.7 Å². The molecule has 6 heteroatoms. The Bertz CT molecular complexity index is 465. The van der Waals surface area contributed by atoms with Gasteiger partial charge in [0.1, 0.15) is 5.69 Å². The Kier molecular flexibility index (Phi) is 2.66. The summed E-state index contributed by atoms with van der Waals surface area (Å²) in [5.74, 6) is 0.974. The zero-order valence-corrected chi connectivity index (χ0v) is 9.43. The number of hydrogen-bond donors (Lipinski definition) is 1. The molecule has 0 aliphatic carbocycles. The average molecular weight is 219 g/mol. The molecule has 0 unspecified atom stereocenters. The number of hydrogen-bond acceptors (Lipinski definition) is 6. The first kappa shape index (κ1) is 10.7. The van der Waals surface area contributed by atoms with E-state index in [9.17, 15) is 0 Å². The zero-order valence-electron chi connectivity index (χ0n) is 9.43. The summed E-state index contributed by atoms with van der Waals surface area (Å²) >= 11 is 0. The van der Waals surface area contributed by atoms with Gasteiger partial charge >= 0.3 is 0 Å². The second kappa shape index (κ2) is 3.97. The molecule has 0 amide bonds. The molecule has 0 aliphatic rings. The quantitative estimate of drug-likeness (QED) is 0.829. The van der Waals surface area contributed by atoms with Crippen molar-refractivity contribution in [1.82, 2.24) is 25.4 Å². The zero-order chi connectivity index (χ0) is 11.6. The second-order valence-corrected chi connectivity index (χ2v) is 3.89. The molecule has 0 bridgehead atoms. The van der Waals surface area contributed by atoms with Gasteiger partial charge in [-0.05, 0) is 20.9 Å². The smallest absolute Gasteiger partial charge is 0.246 e. The molecule has 0 fully saturated rings. The van der Waals surface area contributed by atoms with Gasteiger partial charge in [-0.3, -0.25) is 4.98 Å². The van der Waals surface area contributed by atoms with Crippen LogP contribution in [0.4, 0.5) is 0 Å². The first-order chi connectivity index (χ1) is 7.63. The number of rotatable bonds is 3. The molecule has 2 rings (SSSR count). The van der Waals surface area contributed by atoms with Gasteiger partial charge in [0, 0.05) is 12.4 Å². The Morgan fingerprint density at radius 2 is 2.12 bits per heavy atom. The molecular weight excluding hydrogens is 206 g/mol. The van der Waals surface area contributed by atoms with Crippen molar-refractivity contribution in [3.8, 4) is 11.5 Å². The topological polar surface area (TPSA) is 76.7 Å². The minimum Gasteiger partial charge on any atom is -0.337 e. The molecule has 1 N–H and O–H groups in total. The highest BCUT2D eigenvalue weighted by atomic mass is 16.5. The van der Waals surface area contributed by atoms with E-state index < -0.39 is 0 Å². The van der Waals surface area contributed by atoms with Crippen molar-refractivity contribution in [3.05, 3.63) is 24.5 Å². The van der Waals surface area contributed by atoms with Crippen LogP contribution in [0.5, 0.6) is 0 Å². The molecule has 2 aromatic heterocycles. The van der Waals surface area contributed by atoms with Crippen LogP contribution in [-0.4, -0.2) is 27.2 Å². The van der Waals surface area contributed by atoms with Crippen LogP contribution in [0.25, 0.3) is 11.5 Å². The molecule has 2 heterocycles. The fraction of sp³-hybridized carbons (Fsp3) is 0.400. The van der Waals surface area contributed by atoms with E-state index in [4.69, 9.17) is 4.52 Å². The van der Waals surface area contributed by atoms with Crippen molar-refractivity contribution < 1.29 is 4.52 Å². The summed E-state index contributed by atoms with van der Waals surface area (Å²) in [5.41, 5.74) is 0.248. The Labute approximate surface area is 93.1 Å². The molecule has 6 nitrogen and oxygen atoms in total. The standard InChI is InChI=1S/C10H13N5O/c1-10(2,11-3)9-14-8(15-16-9)7-6-12-4-5-13-7/h4-6,11H,1-3H3. The van der Waals surface area contributed by atoms with Gasteiger partial charge in [0.25, 0.3) is 0 Å². The first-order valence-electron chi connectivity index (χ1n) is 4.93. The van der Waals surface area contributed by atoms with E-state index in [1.165, 1.54) is 0 Å². The maximum absolute atomic E-state index is 5.18. The first-order valence-corrected chi connectivity index (χ1v) is 4.93. The summed E-state index contributed by atoms with van der Waals surface area (Å²) < 4.78 is 5.18. The normalized spacial score (nSPS) is 11.7. The van der Waals surface area contributed by atoms with Crippen LogP contribution in [0.2, 0.25) is 0 Å². The van der Waals surface area contributed by atoms with E-state index >= 15 is 0 Å². The molecule has 84 valence electrons. The van der Waals surface area contributed by atoms with Gasteiger partial charge in [-0.15, -0.1) is 0 Å². The maximum atomic E-state index is 5.18. The summed E-state index contributed by atoms with van der Waals surface area (Å²) in [6.07, 6.45) is 4.79. The lowest BCUT2D eigenvalue weighted by atomic mass is 10.1. The number of nitrogens with one attached hydrogen (secondary N) is 1. The molecule has 0 saturated carbocycles. The van der Waals surface area contributed by atoms with Gasteiger partial charge in [0.05, 0.1) is 11.7 Å². The van der Waals surface area contributed by atoms with Crippen LogP contribution in [-0.2, 0) is 5.54 Å². The minimum absolute atomic E-state index is 0.354. The fourth-order valence-corrected chi connectivity index (χ4v) is 1.10. The predicted octanol–water partition coefficient (Wildman–Crippen LogP) is 0.981. The number of nitrogens with zero attached hydrogens (tertiary/aromatic N) is 4. The summed E-state index contributed by atoms with van der Waals surface area (Å²) in [7, 11) is 1.84. The van der Waals surface area contributed by atoms with Crippen LogP contribution >= 0.6 is 0 Å². The van der Waals surface area contributed by atoms with Crippen LogP contribution < -0.4 is 5.32 Å². The highest BCUT2D eigenvalue weighted by Gasteiger charge is 2.25. The third-order valence-corrected chi connectivity index (χ3v) is 2.38. The molecule has 0 radical (unpaired) electrons. The molecular formula is C10H13N5O. The van der Waals surface area contributed by atoms with Crippen molar-refractivity contribution >= 4 is 0 Å². The molecule has 16 heavy (non-hydrogen) atoms. The van der Waals surface area contributed by atoms with Gasteiger partial charge in [-0.2, -0.15) is 4.98 Å². The van der Waals surface area contributed by atoms with Crippen LogP contribution in [0.3, 0.4) is 0 Å². The minimum atomic E-state index is -0.354. The van der Waals surface area contributed by atoms with E-state index in [2.05, 4.69) is 25.4 Å². The largest absolute Gasteiger partial charge is 0.337 e. The van der Waals surface area contributed by atoms with Crippen molar-refractivity contribution in [3.63, 3.8) is 0 Å². The van der Waals surface area contributed by atoms with Gasteiger partial charge in [-0.25, -0.2) is 4.98 Å². The summed E-state index contributed by atoms with van der Waals surface area (Å²) in [4.78, 5) is 12.3. The second-order valence-electron chi connectivity index (χ2n) is 3.89. The van der Waals surface area contributed by atoms with Gasteiger partial charge in [0.2, 0.25) is 11.7 Å². The van der Waals surface area contributed by atoms with Crippen LogP contribution in [0, 0.1) is 0 Å². The van der Waals surface area contributed by atoms with Crippen molar-refractivity contribution in [1.29, 1.82) is 0 Å². The fourth-order valence-electron chi connectivity index (χ4n) is 1.10. The monoisotopic (exact) mass is 219 g/mol. The van der Waals surface area contributed by atoms with E-state index in [0.29, 0.717) is 17.4 Å². The summed E-state index contributed by atoms with van der Waals surface area (Å²) in [6, 6.07) is 0. The SMILES string of the molecule is CNC(C)(C)c1nc(-c2cnccn2)no1. The van der Waals surface area contributed by atoms with E-state index in [1.807, 2.05) is 20.9 Å². The van der Waals surface area contributed by atoms with E-state index in [-0.39, 0.29) is 5.54 Å². The predicted molar refractivity (Wildman–Crippen MR) is 57.4 cm³/mol. The maximum Gasteiger partial charge on any atom is 0.246 e. The molecule has 0 saturated heterocycles. The summed E-state index contributed by atoms with van der Waals surface area (Å²) in [6.45, 7) is 3.92. The highest BCUT2D eigenvalue weighted by Crippen LogP contribution is 2.20. The third-order valence-electron chi connectivity index (χ3n) is 2.38. The Morgan fingerprint density at radius 3 is 2.75 bits per heavy atom. The summed E-state index contributed by atoms with van der Waals surface area (Å²) in [5, 5.41) is 6.96. The van der Waals surface area contributed by atoms with Crippen molar-refractivity contribution in [2.75, 3.05) is 7.05 Å². The molecule has 0 aromatic carbocycles. The Morgan fingerprint density at radius 1 is 1.31 bits per heavy atom. The Hall–Kier alpha value is -1.82. The number of aromatic nitrogens is 4. The van der Waals surface area contributed by atoms with E-state index in [1.54, 1.807) is 18.6 Å². The van der Waals surface area contributed by atoms with Crippen molar-refractivity contribution in [2.24, 2.45) is 0 Å². The molecule has 0 aliphatic heterocycles. The van der Waals surface area contributed by atoms with Gasteiger partial charge in [0.15, 0.2) is 0 Å². The average Bonchev–Trinajstić information content (AvgIpc) is 2.80. The lowest BCUT2D eigenvalue weighted by Crippen LogP contribution is -2.33. The molecule has 0 spiro atoms. The third kappa shape index (κ3) is 1.92. The lowest BCUT2D eigenvalue weighted by molar-refractivity contribution is 0.281. The van der Waals surface area contributed by atoms with Gasteiger partial charge in [-0.1, -0.05) is 5.16 Å². The highest BCUT2D eigenvalue weighted by molar-refractivity contribution is 5.45. The van der Waals surface area contributed by atoms with Gasteiger partial charge < -0.3 is 9.84 Å². The lowest BCUT2D eigenvalue weighted by Gasteiger charge is -2.17. The van der Waals surface area contributed by atoms with Crippen molar-refractivity contribution in [2.45, 2.75) is 19.4 Å². The van der Waals surface area contributed by atoms with Crippen LogP contribution in [0.15, 0.2) is 23.1 Å². The van der Waals surface area contributed by atoms with E-state index in [0.717, 1.165) is 0 Å². The molecule has 2 aromatic rings. The Balaban J connectivity index is 2.34. The molecule has 0 atom stereocenters.